The highest BCUT2D eigenvalue weighted by Crippen LogP contribution is 2.47. The second-order valence-corrected chi connectivity index (χ2v) is 10.1. The largest absolute Gasteiger partial charge is 0.359 e. The van der Waals surface area contributed by atoms with Crippen LogP contribution >= 0.6 is 0 Å². The quantitative estimate of drug-likeness (QED) is 0.273. The molecule has 6 rings (SSSR count). The Morgan fingerprint density at radius 1 is 0.806 bits per heavy atom. The molecule has 0 saturated carbocycles. The number of hydrogen-bond acceptors (Lipinski definition) is 1. The first kappa shape index (κ1) is 22.2. The van der Waals surface area contributed by atoms with Crippen molar-refractivity contribution in [3.8, 4) is 5.69 Å². The second kappa shape index (κ2) is 8.42. The summed E-state index contributed by atoms with van der Waals surface area (Å²) in [5.74, 6) is 0. The Hall–Kier alpha value is -4.30. The van der Waals surface area contributed by atoms with Crippen molar-refractivity contribution in [2.45, 2.75) is 26.2 Å². The lowest BCUT2D eigenvalue weighted by atomic mass is 9.81. The van der Waals surface area contributed by atoms with Gasteiger partial charge >= 0.3 is 0 Å². The molecule has 0 atom stereocenters. The minimum Gasteiger partial charge on any atom is -0.359 e. The van der Waals surface area contributed by atoms with Crippen LogP contribution in [0.5, 0.6) is 0 Å². The van der Waals surface area contributed by atoms with E-state index < -0.39 is 0 Å². The van der Waals surface area contributed by atoms with E-state index in [0.29, 0.717) is 0 Å². The van der Waals surface area contributed by atoms with E-state index in [4.69, 9.17) is 0 Å². The van der Waals surface area contributed by atoms with Crippen molar-refractivity contribution in [2.24, 2.45) is 0 Å². The average molecular weight is 467 g/mol. The van der Waals surface area contributed by atoms with Gasteiger partial charge in [-0.25, -0.2) is 0 Å². The van der Waals surface area contributed by atoms with Gasteiger partial charge in [-0.3, -0.25) is 0 Å². The van der Waals surface area contributed by atoms with Crippen LogP contribution in [-0.4, -0.2) is 4.57 Å². The Morgan fingerprint density at radius 2 is 1.50 bits per heavy atom. The molecule has 0 spiro atoms. The van der Waals surface area contributed by atoms with Gasteiger partial charge in [-0.05, 0) is 65.6 Å². The molecule has 1 aliphatic rings. The first-order valence-corrected chi connectivity index (χ1v) is 12.5. The highest BCUT2D eigenvalue weighted by molar-refractivity contribution is 6.10. The maximum Gasteiger partial charge on any atom is 0.0561 e. The van der Waals surface area contributed by atoms with E-state index in [1.54, 1.807) is 0 Å². The van der Waals surface area contributed by atoms with Crippen LogP contribution in [0.1, 0.15) is 31.9 Å². The molecule has 1 aromatic heterocycles. The van der Waals surface area contributed by atoms with E-state index in [9.17, 15) is 0 Å². The smallest absolute Gasteiger partial charge is 0.0561 e. The van der Waals surface area contributed by atoms with Gasteiger partial charge in [0.2, 0.25) is 0 Å². The Kier molecular flexibility index (Phi) is 5.19. The predicted octanol–water partition coefficient (Wildman–Crippen LogP) is 9.03. The summed E-state index contributed by atoms with van der Waals surface area (Å²) in [5, 5.41) is 6.19. The van der Waals surface area contributed by atoms with Crippen molar-refractivity contribution < 1.29 is 0 Å². The number of nitrogens with one attached hydrogen (secondary N) is 1. The van der Waals surface area contributed by atoms with Crippen molar-refractivity contribution in [3.05, 3.63) is 138 Å². The summed E-state index contributed by atoms with van der Waals surface area (Å²) in [5.41, 5.74) is 10.8. The Morgan fingerprint density at radius 3 is 2.31 bits per heavy atom. The number of para-hydroxylation sites is 2. The second-order valence-electron chi connectivity index (χ2n) is 10.1. The first-order valence-electron chi connectivity index (χ1n) is 12.5. The highest BCUT2D eigenvalue weighted by Gasteiger charge is 2.35. The molecule has 2 nitrogen and oxygen atoms in total. The van der Waals surface area contributed by atoms with E-state index >= 15 is 0 Å². The molecule has 0 amide bonds. The van der Waals surface area contributed by atoms with Gasteiger partial charge in [-0.2, -0.15) is 0 Å². The average Bonchev–Trinajstić information content (AvgIpc) is 3.33. The summed E-state index contributed by atoms with van der Waals surface area (Å²) in [6.45, 7) is 10.9. The van der Waals surface area contributed by atoms with Gasteiger partial charge in [0.1, 0.15) is 0 Å². The van der Waals surface area contributed by atoms with Gasteiger partial charge in [-0.15, -0.1) is 0 Å². The van der Waals surface area contributed by atoms with Crippen molar-refractivity contribution in [1.82, 2.24) is 4.57 Å². The molecule has 0 radical (unpaired) electrons. The third-order valence-corrected chi connectivity index (χ3v) is 7.45. The zero-order valence-corrected chi connectivity index (χ0v) is 21.0. The standard InChI is InChI=1S/C34H30N2/c1-5-26-27-15-9-11-17-30(27)34(3,4)31(26)21-23(2)35-24-19-20-29-28-16-10-12-18-32(28)36(33(29)22-24)25-13-7-6-8-14-25/h5-22,35H,1H2,2-4H3/b23-21+. The van der Waals surface area contributed by atoms with E-state index in [-0.39, 0.29) is 5.41 Å². The fourth-order valence-corrected chi connectivity index (χ4v) is 5.75. The summed E-state index contributed by atoms with van der Waals surface area (Å²) in [7, 11) is 0. The molecule has 5 aromatic rings. The molecule has 0 fully saturated rings. The molecule has 1 N–H and O–H groups in total. The number of allylic oxidation sites excluding steroid dienone is 5. The lowest BCUT2D eigenvalue weighted by Gasteiger charge is -2.23. The number of rotatable bonds is 5. The van der Waals surface area contributed by atoms with E-state index in [2.05, 4.69) is 140 Å². The number of aromatic nitrogens is 1. The molecule has 176 valence electrons. The number of fused-ring (bicyclic) bond motifs is 4. The molecule has 0 unspecified atom stereocenters. The Labute approximate surface area is 212 Å². The first-order chi connectivity index (χ1) is 17.5. The van der Waals surface area contributed by atoms with E-state index in [1.165, 1.54) is 49.8 Å². The van der Waals surface area contributed by atoms with Crippen LogP contribution in [-0.2, 0) is 5.41 Å². The SMILES string of the molecule is C=CC1=C(/C=C(\C)Nc2ccc3c4ccccc4n(-c4ccccc4)c3c2)C(C)(C)c2ccccc21. The van der Waals surface area contributed by atoms with E-state index in [1.807, 2.05) is 6.08 Å². The van der Waals surface area contributed by atoms with Crippen molar-refractivity contribution >= 4 is 33.1 Å². The Balaban J connectivity index is 1.44. The molecular formula is C34H30N2. The minimum atomic E-state index is -0.0766. The highest BCUT2D eigenvalue weighted by atomic mass is 15.0. The molecule has 0 aliphatic heterocycles. The molecule has 0 bridgehead atoms. The zero-order chi connectivity index (χ0) is 24.9. The summed E-state index contributed by atoms with van der Waals surface area (Å²) in [4.78, 5) is 0. The number of anilines is 1. The van der Waals surface area contributed by atoms with Crippen LogP contribution < -0.4 is 5.32 Å². The van der Waals surface area contributed by atoms with Crippen LogP contribution in [0.2, 0.25) is 0 Å². The maximum atomic E-state index is 4.13. The monoisotopic (exact) mass is 466 g/mol. The molecule has 2 heteroatoms. The summed E-state index contributed by atoms with van der Waals surface area (Å²) in [6.07, 6.45) is 4.28. The predicted molar refractivity (Wildman–Crippen MR) is 155 cm³/mol. The third kappa shape index (κ3) is 3.41. The normalized spacial score (nSPS) is 14.9. The topological polar surface area (TPSA) is 17.0 Å². The van der Waals surface area contributed by atoms with Gasteiger partial charge in [0, 0.05) is 33.3 Å². The lowest BCUT2D eigenvalue weighted by molar-refractivity contribution is 0.653. The number of nitrogens with zero attached hydrogens (tertiary/aromatic N) is 1. The van der Waals surface area contributed by atoms with Crippen molar-refractivity contribution in [2.75, 3.05) is 5.32 Å². The Bertz CT molecular complexity index is 1690. The third-order valence-electron chi connectivity index (χ3n) is 7.45. The van der Waals surface area contributed by atoms with Gasteiger partial charge < -0.3 is 9.88 Å². The fourth-order valence-electron chi connectivity index (χ4n) is 5.75. The van der Waals surface area contributed by atoms with Gasteiger partial charge in [0.25, 0.3) is 0 Å². The van der Waals surface area contributed by atoms with Crippen LogP contribution in [0.4, 0.5) is 5.69 Å². The minimum absolute atomic E-state index is 0.0766. The summed E-state index contributed by atoms with van der Waals surface area (Å²) >= 11 is 0. The zero-order valence-electron chi connectivity index (χ0n) is 21.0. The molecule has 4 aromatic carbocycles. The number of hydrogen-bond donors (Lipinski definition) is 1. The van der Waals surface area contributed by atoms with Gasteiger partial charge in [0.05, 0.1) is 11.0 Å². The van der Waals surface area contributed by atoms with Crippen LogP contribution in [0.25, 0.3) is 33.1 Å². The van der Waals surface area contributed by atoms with Gasteiger partial charge in [0.15, 0.2) is 0 Å². The van der Waals surface area contributed by atoms with E-state index in [0.717, 1.165) is 11.4 Å². The van der Waals surface area contributed by atoms with Crippen molar-refractivity contribution in [1.29, 1.82) is 0 Å². The van der Waals surface area contributed by atoms with Crippen LogP contribution in [0.3, 0.4) is 0 Å². The molecule has 36 heavy (non-hydrogen) atoms. The summed E-state index contributed by atoms with van der Waals surface area (Å²) in [6, 6.07) is 34.6. The van der Waals surface area contributed by atoms with Crippen LogP contribution in [0, 0.1) is 0 Å². The summed E-state index contributed by atoms with van der Waals surface area (Å²) < 4.78 is 2.35. The maximum absolute atomic E-state index is 4.13. The number of benzene rings is 4. The fraction of sp³-hybridized carbons (Fsp3) is 0.118. The molecule has 1 aliphatic carbocycles. The lowest BCUT2D eigenvalue weighted by Crippen LogP contribution is -2.16. The molecule has 1 heterocycles. The molecule has 0 saturated heterocycles. The van der Waals surface area contributed by atoms with Gasteiger partial charge in [-0.1, -0.05) is 93.2 Å². The van der Waals surface area contributed by atoms with Crippen LogP contribution in [0.15, 0.2) is 127 Å². The van der Waals surface area contributed by atoms with Crippen molar-refractivity contribution in [3.63, 3.8) is 0 Å². The molecular weight excluding hydrogens is 436 g/mol.